The zero-order valence-electron chi connectivity index (χ0n) is 11.7. The SMILES string of the molecule is CCc1ccc(C(=O)C2Cc3ccccc3CN2)cc1. The summed E-state index contributed by atoms with van der Waals surface area (Å²) in [5.74, 6) is 0.196. The van der Waals surface area contributed by atoms with Gasteiger partial charge in [0.25, 0.3) is 0 Å². The van der Waals surface area contributed by atoms with Gasteiger partial charge in [-0.2, -0.15) is 0 Å². The van der Waals surface area contributed by atoms with Gasteiger partial charge < -0.3 is 5.32 Å². The van der Waals surface area contributed by atoms with Gasteiger partial charge >= 0.3 is 0 Å². The summed E-state index contributed by atoms with van der Waals surface area (Å²) in [4.78, 5) is 12.5. The van der Waals surface area contributed by atoms with E-state index in [9.17, 15) is 4.79 Å². The third-order valence-electron chi connectivity index (χ3n) is 4.04. The molecule has 20 heavy (non-hydrogen) atoms. The molecule has 1 aliphatic heterocycles. The first-order valence-electron chi connectivity index (χ1n) is 7.21. The summed E-state index contributed by atoms with van der Waals surface area (Å²) in [7, 11) is 0. The quantitative estimate of drug-likeness (QED) is 0.864. The molecule has 102 valence electrons. The number of hydrogen-bond acceptors (Lipinski definition) is 2. The standard InChI is InChI=1S/C18H19NO/c1-2-13-7-9-14(10-8-13)18(20)17-11-15-5-3-4-6-16(15)12-19-17/h3-10,17,19H,2,11-12H2,1H3. The fourth-order valence-corrected chi connectivity index (χ4v) is 2.75. The van der Waals surface area contributed by atoms with Crippen molar-refractivity contribution in [3.63, 3.8) is 0 Å². The Bertz CT molecular complexity index is 616. The Kier molecular flexibility index (Phi) is 3.66. The van der Waals surface area contributed by atoms with Crippen LogP contribution in [0.2, 0.25) is 0 Å². The molecule has 1 N–H and O–H groups in total. The summed E-state index contributed by atoms with van der Waals surface area (Å²) in [6.45, 7) is 2.90. The van der Waals surface area contributed by atoms with E-state index in [1.807, 2.05) is 36.4 Å². The van der Waals surface area contributed by atoms with Gasteiger partial charge in [0.1, 0.15) is 0 Å². The maximum atomic E-state index is 12.5. The van der Waals surface area contributed by atoms with E-state index in [4.69, 9.17) is 0 Å². The van der Waals surface area contributed by atoms with Crippen molar-refractivity contribution in [3.8, 4) is 0 Å². The van der Waals surface area contributed by atoms with Gasteiger partial charge in [-0.3, -0.25) is 4.79 Å². The summed E-state index contributed by atoms with van der Waals surface area (Å²) in [5, 5.41) is 3.35. The normalized spacial score (nSPS) is 17.6. The second-order valence-corrected chi connectivity index (χ2v) is 5.32. The van der Waals surface area contributed by atoms with Gasteiger partial charge in [-0.1, -0.05) is 55.5 Å². The summed E-state index contributed by atoms with van der Waals surface area (Å²) >= 11 is 0. The molecule has 2 aromatic rings. The number of rotatable bonds is 3. The molecule has 0 radical (unpaired) electrons. The first-order chi connectivity index (χ1) is 9.78. The molecule has 1 aliphatic rings. The molecular formula is C18H19NO. The topological polar surface area (TPSA) is 29.1 Å². The van der Waals surface area contributed by atoms with Crippen LogP contribution < -0.4 is 5.32 Å². The Morgan fingerprint density at radius 2 is 1.80 bits per heavy atom. The molecule has 1 unspecified atom stereocenters. The van der Waals surface area contributed by atoms with Crippen LogP contribution in [-0.2, 0) is 19.4 Å². The Morgan fingerprint density at radius 1 is 1.10 bits per heavy atom. The molecule has 2 aromatic carbocycles. The average molecular weight is 265 g/mol. The van der Waals surface area contributed by atoms with E-state index >= 15 is 0 Å². The van der Waals surface area contributed by atoms with Gasteiger partial charge in [0.05, 0.1) is 6.04 Å². The molecule has 0 bridgehead atoms. The Balaban J connectivity index is 1.78. The second kappa shape index (κ2) is 5.59. The third kappa shape index (κ3) is 2.52. The van der Waals surface area contributed by atoms with Crippen LogP contribution in [0.4, 0.5) is 0 Å². The lowest BCUT2D eigenvalue weighted by atomic mass is 9.91. The highest BCUT2D eigenvalue weighted by Crippen LogP contribution is 2.19. The van der Waals surface area contributed by atoms with Crippen molar-refractivity contribution in [2.75, 3.05) is 0 Å². The Morgan fingerprint density at radius 3 is 2.50 bits per heavy atom. The largest absolute Gasteiger partial charge is 0.303 e. The summed E-state index contributed by atoms with van der Waals surface area (Å²) in [5.41, 5.74) is 4.66. The van der Waals surface area contributed by atoms with Gasteiger partial charge in [0.15, 0.2) is 5.78 Å². The minimum absolute atomic E-state index is 0.0997. The Hall–Kier alpha value is -1.93. The first-order valence-corrected chi connectivity index (χ1v) is 7.21. The molecule has 1 atom stereocenters. The highest BCUT2D eigenvalue weighted by atomic mass is 16.1. The van der Waals surface area contributed by atoms with Crippen LogP contribution in [0.5, 0.6) is 0 Å². The van der Waals surface area contributed by atoms with Crippen molar-refractivity contribution < 1.29 is 4.79 Å². The zero-order valence-corrected chi connectivity index (χ0v) is 11.7. The first kappa shape index (κ1) is 13.1. The van der Waals surface area contributed by atoms with Crippen molar-refractivity contribution in [3.05, 3.63) is 70.8 Å². The van der Waals surface area contributed by atoms with Crippen molar-refractivity contribution >= 4 is 5.78 Å². The monoisotopic (exact) mass is 265 g/mol. The van der Waals surface area contributed by atoms with E-state index in [0.717, 1.165) is 24.9 Å². The lowest BCUT2D eigenvalue weighted by Crippen LogP contribution is -2.41. The molecule has 3 rings (SSSR count). The number of carbonyl (C=O) groups is 1. The lowest BCUT2D eigenvalue weighted by molar-refractivity contribution is 0.0938. The predicted octanol–water partition coefficient (Wildman–Crippen LogP) is 3.15. The maximum absolute atomic E-state index is 12.5. The van der Waals surface area contributed by atoms with Crippen LogP contribution >= 0.6 is 0 Å². The lowest BCUT2D eigenvalue weighted by Gasteiger charge is -2.25. The van der Waals surface area contributed by atoms with E-state index in [-0.39, 0.29) is 11.8 Å². The summed E-state index contributed by atoms with van der Waals surface area (Å²) in [6.07, 6.45) is 1.79. The minimum Gasteiger partial charge on any atom is -0.303 e. The fourth-order valence-electron chi connectivity index (χ4n) is 2.75. The molecular weight excluding hydrogens is 246 g/mol. The summed E-state index contributed by atoms with van der Waals surface area (Å²) < 4.78 is 0. The number of aryl methyl sites for hydroxylation is 1. The molecule has 2 nitrogen and oxygen atoms in total. The number of hydrogen-bond donors (Lipinski definition) is 1. The molecule has 0 fully saturated rings. The molecule has 0 saturated heterocycles. The van der Waals surface area contributed by atoms with Gasteiger partial charge in [0, 0.05) is 12.1 Å². The third-order valence-corrected chi connectivity index (χ3v) is 4.04. The van der Waals surface area contributed by atoms with E-state index < -0.39 is 0 Å². The fraction of sp³-hybridized carbons (Fsp3) is 0.278. The van der Waals surface area contributed by atoms with Crippen LogP contribution in [0.25, 0.3) is 0 Å². The van der Waals surface area contributed by atoms with Crippen molar-refractivity contribution in [2.45, 2.75) is 32.4 Å². The van der Waals surface area contributed by atoms with Gasteiger partial charge in [-0.25, -0.2) is 0 Å². The number of fused-ring (bicyclic) bond motifs is 1. The van der Waals surface area contributed by atoms with Gasteiger partial charge in [-0.05, 0) is 29.5 Å². The maximum Gasteiger partial charge on any atom is 0.180 e. The van der Waals surface area contributed by atoms with E-state index in [2.05, 4.69) is 24.4 Å². The Labute approximate surface area is 119 Å². The smallest absolute Gasteiger partial charge is 0.180 e. The van der Waals surface area contributed by atoms with Gasteiger partial charge in [0.2, 0.25) is 0 Å². The minimum atomic E-state index is -0.0997. The number of carbonyl (C=O) groups excluding carboxylic acids is 1. The van der Waals surface area contributed by atoms with Crippen molar-refractivity contribution in [1.82, 2.24) is 5.32 Å². The molecule has 0 aliphatic carbocycles. The number of ketones is 1. The molecule has 0 saturated carbocycles. The zero-order chi connectivity index (χ0) is 13.9. The number of benzene rings is 2. The molecule has 1 heterocycles. The van der Waals surface area contributed by atoms with E-state index in [1.165, 1.54) is 16.7 Å². The van der Waals surface area contributed by atoms with Crippen molar-refractivity contribution in [1.29, 1.82) is 0 Å². The molecule has 0 amide bonds. The number of nitrogens with one attached hydrogen (secondary N) is 1. The highest BCUT2D eigenvalue weighted by Gasteiger charge is 2.24. The van der Waals surface area contributed by atoms with Crippen LogP contribution in [0, 0.1) is 0 Å². The highest BCUT2D eigenvalue weighted by molar-refractivity contribution is 6.00. The summed E-state index contributed by atoms with van der Waals surface area (Å²) in [6, 6.07) is 16.2. The van der Waals surface area contributed by atoms with Crippen LogP contribution in [0.3, 0.4) is 0 Å². The average Bonchev–Trinajstić information content (AvgIpc) is 2.54. The van der Waals surface area contributed by atoms with E-state index in [1.54, 1.807) is 0 Å². The second-order valence-electron chi connectivity index (χ2n) is 5.32. The molecule has 0 spiro atoms. The van der Waals surface area contributed by atoms with E-state index in [0.29, 0.717) is 0 Å². The van der Waals surface area contributed by atoms with Gasteiger partial charge in [-0.15, -0.1) is 0 Å². The predicted molar refractivity (Wildman–Crippen MR) is 80.9 cm³/mol. The van der Waals surface area contributed by atoms with Crippen LogP contribution in [0.15, 0.2) is 48.5 Å². The van der Waals surface area contributed by atoms with Crippen molar-refractivity contribution in [2.24, 2.45) is 0 Å². The van der Waals surface area contributed by atoms with Crippen LogP contribution in [-0.4, -0.2) is 11.8 Å². The molecule has 2 heteroatoms. The van der Waals surface area contributed by atoms with Crippen LogP contribution in [0.1, 0.15) is 34.0 Å². The molecule has 0 aromatic heterocycles. The number of Topliss-reactive ketones (excluding diaryl/α,β-unsaturated/α-hetero) is 1.